The standard InChI is InChI=1S/C41H46N2O12/c1-7-23-51-34(45)25-52-36-35(46)32(55-37(36)42-22-21-33(44)43(39(42)48)26-53-38(47)40(2,3)4)24-54-41(27-11-9-8-10-12-27,28-13-17-30(49-5)18-14-28)29-15-19-31(50-6)20-16-29/h7-22,32,35-37,46H,1,23-26H2,2-6H3/t32-,35-,36-,37-/m1/s1. The third-order valence-electron chi connectivity index (χ3n) is 9.01. The van der Waals surface area contributed by atoms with E-state index in [4.69, 9.17) is 33.2 Å². The molecule has 1 aliphatic heterocycles. The van der Waals surface area contributed by atoms with E-state index in [1.165, 1.54) is 12.3 Å². The molecule has 3 aromatic carbocycles. The van der Waals surface area contributed by atoms with Gasteiger partial charge in [-0.15, -0.1) is 0 Å². The van der Waals surface area contributed by atoms with Crippen LogP contribution in [0.25, 0.3) is 0 Å². The minimum Gasteiger partial charge on any atom is -0.497 e. The van der Waals surface area contributed by atoms with Gasteiger partial charge in [-0.3, -0.25) is 14.2 Å². The number of methoxy groups -OCH3 is 2. The number of hydrogen-bond acceptors (Lipinski definition) is 12. The summed E-state index contributed by atoms with van der Waals surface area (Å²) in [7, 11) is 3.14. The van der Waals surface area contributed by atoms with Gasteiger partial charge in [0.05, 0.1) is 26.2 Å². The van der Waals surface area contributed by atoms with Crippen molar-refractivity contribution >= 4 is 11.9 Å². The zero-order valence-electron chi connectivity index (χ0n) is 31.4. The minimum absolute atomic E-state index is 0.0677. The number of hydrogen-bond donors (Lipinski definition) is 1. The van der Waals surface area contributed by atoms with Gasteiger partial charge >= 0.3 is 17.6 Å². The van der Waals surface area contributed by atoms with Crippen LogP contribution in [0.4, 0.5) is 0 Å². The Morgan fingerprint density at radius 2 is 1.44 bits per heavy atom. The molecule has 0 unspecified atom stereocenters. The van der Waals surface area contributed by atoms with Crippen LogP contribution in [0.1, 0.15) is 43.7 Å². The fourth-order valence-corrected chi connectivity index (χ4v) is 6.08. The van der Waals surface area contributed by atoms with Gasteiger partial charge in [0.1, 0.15) is 48.6 Å². The van der Waals surface area contributed by atoms with Gasteiger partial charge in [0.2, 0.25) is 0 Å². The van der Waals surface area contributed by atoms with Crippen LogP contribution in [0.15, 0.2) is 113 Å². The molecule has 4 aromatic rings. The highest BCUT2D eigenvalue weighted by Gasteiger charge is 2.48. The molecular weight excluding hydrogens is 712 g/mol. The zero-order valence-corrected chi connectivity index (χ0v) is 31.4. The molecular formula is C41H46N2O12. The highest BCUT2D eigenvalue weighted by Crippen LogP contribution is 2.43. The maximum atomic E-state index is 13.8. The summed E-state index contributed by atoms with van der Waals surface area (Å²) in [4.78, 5) is 51.6. The first-order valence-electron chi connectivity index (χ1n) is 17.5. The molecule has 1 fully saturated rings. The highest BCUT2D eigenvalue weighted by atomic mass is 16.6. The molecule has 55 heavy (non-hydrogen) atoms. The second-order valence-corrected chi connectivity index (χ2v) is 13.7. The molecule has 2 heterocycles. The fraction of sp³-hybridized carbons (Fsp3) is 0.366. The number of benzene rings is 3. The lowest BCUT2D eigenvalue weighted by molar-refractivity contribution is -0.157. The number of nitrogens with zero attached hydrogens (tertiary/aromatic N) is 2. The van der Waals surface area contributed by atoms with E-state index in [1.54, 1.807) is 35.0 Å². The summed E-state index contributed by atoms with van der Waals surface area (Å²) in [5, 5.41) is 11.8. The summed E-state index contributed by atoms with van der Waals surface area (Å²) in [5.74, 6) is -0.123. The molecule has 0 amide bonds. The Morgan fingerprint density at radius 3 is 1.98 bits per heavy atom. The summed E-state index contributed by atoms with van der Waals surface area (Å²) in [6, 6.07) is 25.3. The maximum absolute atomic E-state index is 13.8. The Labute approximate surface area is 318 Å². The largest absolute Gasteiger partial charge is 0.497 e. The van der Waals surface area contributed by atoms with Gasteiger partial charge in [-0.2, -0.15) is 0 Å². The normalized spacial score (nSPS) is 18.4. The van der Waals surface area contributed by atoms with Gasteiger partial charge in [0, 0.05) is 12.3 Å². The van der Waals surface area contributed by atoms with Crippen molar-refractivity contribution in [2.75, 3.05) is 34.0 Å². The zero-order chi connectivity index (χ0) is 39.8. The number of carbonyl (C=O) groups excluding carboxylic acids is 2. The first-order valence-corrected chi connectivity index (χ1v) is 17.5. The van der Waals surface area contributed by atoms with Crippen molar-refractivity contribution in [3.05, 3.63) is 141 Å². The van der Waals surface area contributed by atoms with Gasteiger partial charge < -0.3 is 38.3 Å². The van der Waals surface area contributed by atoms with Crippen molar-refractivity contribution in [2.24, 2.45) is 5.41 Å². The number of ether oxygens (including phenoxy) is 7. The average Bonchev–Trinajstić information content (AvgIpc) is 3.50. The number of aliphatic hydroxyl groups excluding tert-OH is 1. The Balaban J connectivity index is 1.55. The summed E-state index contributed by atoms with van der Waals surface area (Å²) in [5.41, 5.74) is -1.63. The van der Waals surface area contributed by atoms with Crippen LogP contribution >= 0.6 is 0 Å². The van der Waals surface area contributed by atoms with Gasteiger partial charge in [0.25, 0.3) is 5.56 Å². The summed E-state index contributed by atoms with van der Waals surface area (Å²) >= 11 is 0. The van der Waals surface area contributed by atoms with Crippen molar-refractivity contribution < 1.29 is 47.9 Å². The van der Waals surface area contributed by atoms with Gasteiger partial charge in [0.15, 0.2) is 13.0 Å². The lowest BCUT2D eigenvalue weighted by atomic mass is 9.80. The number of aromatic nitrogens is 2. The van der Waals surface area contributed by atoms with Crippen molar-refractivity contribution in [2.45, 2.75) is 57.6 Å². The first kappa shape index (κ1) is 40.6. The van der Waals surface area contributed by atoms with Crippen LogP contribution in [0.3, 0.4) is 0 Å². The van der Waals surface area contributed by atoms with Crippen molar-refractivity contribution in [3.63, 3.8) is 0 Å². The molecule has 0 spiro atoms. The van der Waals surface area contributed by atoms with E-state index in [-0.39, 0.29) is 13.2 Å². The van der Waals surface area contributed by atoms with Gasteiger partial charge in [-0.1, -0.05) is 67.3 Å². The smallest absolute Gasteiger partial charge is 0.335 e. The van der Waals surface area contributed by atoms with Crippen molar-refractivity contribution in [1.82, 2.24) is 9.13 Å². The summed E-state index contributed by atoms with van der Waals surface area (Å²) < 4.78 is 42.1. The van der Waals surface area contributed by atoms with Crippen molar-refractivity contribution in [3.8, 4) is 11.5 Å². The molecule has 0 aliphatic carbocycles. The first-order chi connectivity index (χ1) is 26.3. The second kappa shape index (κ2) is 17.7. The SMILES string of the molecule is C=CCOC(=O)CO[C@@H]1[C@H](O)[C@@H](COC(c2ccccc2)(c2ccc(OC)cc2)c2ccc(OC)cc2)O[C@H]1n1ccc(=O)n(COC(=O)C(C)(C)C)c1=O. The molecule has 14 nitrogen and oxygen atoms in total. The quantitative estimate of drug-likeness (QED) is 0.0997. The Kier molecular flexibility index (Phi) is 13.1. The van der Waals surface area contributed by atoms with E-state index in [1.807, 2.05) is 78.9 Å². The third kappa shape index (κ3) is 9.06. The van der Waals surface area contributed by atoms with Crippen LogP contribution < -0.4 is 20.7 Å². The van der Waals surface area contributed by atoms with E-state index >= 15 is 0 Å². The molecule has 1 saturated heterocycles. The lowest BCUT2D eigenvalue weighted by Crippen LogP contribution is -2.45. The van der Waals surface area contributed by atoms with Crippen LogP contribution in [0.5, 0.6) is 11.5 Å². The predicted molar refractivity (Wildman–Crippen MR) is 200 cm³/mol. The molecule has 0 saturated carbocycles. The molecule has 1 aromatic heterocycles. The van der Waals surface area contributed by atoms with E-state index in [0.29, 0.717) is 16.1 Å². The molecule has 0 radical (unpaired) electrons. The number of rotatable bonds is 16. The lowest BCUT2D eigenvalue weighted by Gasteiger charge is -2.37. The van der Waals surface area contributed by atoms with E-state index in [2.05, 4.69) is 6.58 Å². The third-order valence-corrected chi connectivity index (χ3v) is 9.01. The molecule has 292 valence electrons. The van der Waals surface area contributed by atoms with E-state index in [9.17, 15) is 24.3 Å². The molecule has 1 N–H and O–H groups in total. The summed E-state index contributed by atoms with van der Waals surface area (Å²) in [6.07, 6.45) is -2.75. The molecule has 0 bridgehead atoms. The molecule has 4 atom stereocenters. The average molecular weight is 759 g/mol. The van der Waals surface area contributed by atoms with Crippen LogP contribution in [0, 0.1) is 5.41 Å². The van der Waals surface area contributed by atoms with Crippen LogP contribution in [-0.4, -0.2) is 78.5 Å². The summed E-state index contributed by atoms with van der Waals surface area (Å²) in [6.45, 7) is 6.83. The number of esters is 2. The fourth-order valence-electron chi connectivity index (χ4n) is 6.08. The van der Waals surface area contributed by atoms with Gasteiger partial charge in [-0.25, -0.2) is 14.2 Å². The Morgan fingerprint density at radius 1 is 0.855 bits per heavy atom. The predicted octanol–water partition coefficient (Wildman–Crippen LogP) is 3.96. The maximum Gasteiger partial charge on any atom is 0.335 e. The van der Waals surface area contributed by atoms with Crippen LogP contribution in [0.2, 0.25) is 0 Å². The monoisotopic (exact) mass is 758 g/mol. The minimum atomic E-state index is -1.47. The Hall–Kier alpha value is -5.54. The topological polar surface area (TPSA) is 163 Å². The molecule has 14 heteroatoms. The number of aliphatic hydroxyl groups is 1. The highest BCUT2D eigenvalue weighted by molar-refractivity contribution is 5.75. The molecule has 5 rings (SSSR count). The second-order valence-electron chi connectivity index (χ2n) is 13.7. The molecule has 1 aliphatic rings. The van der Waals surface area contributed by atoms with E-state index < -0.39 is 72.1 Å². The number of carbonyl (C=O) groups is 2. The van der Waals surface area contributed by atoms with Gasteiger partial charge in [-0.05, 0) is 61.7 Å². The van der Waals surface area contributed by atoms with Crippen molar-refractivity contribution in [1.29, 1.82) is 0 Å². The van der Waals surface area contributed by atoms with E-state index in [0.717, 1.165) is 27.3 Å². The van der Waals surface area contributed by atoms with Crippen LogP contribution in [-0.2, 0) is 45.6 Å². The Bertz CT molecular complexity index is 1990.